The van der Waals surface area contributed by atoms with Gasteiger partial charge < -0.3 is 14.7 Å². The van der Waals surface area contributed by atoms with E-state index in [0.29, 0.717) is 17.9 Å². The molecule has 1 aromatic carbocycles. The third-order valence-electron chi connectivity index (χ3n) is 6.92. The molecule has 0 radical (unpaired) electrons. The molecule has 2 N–H and O–H groups in total. The molecule has 0 aliphatic heterocycles. The molecule has 0 spiro atoms. The lowest BCUT2D eigenvalue weighted by Crippen LogP contribution is -2.54. The summed E-state index contributed by atoms with van der Waals surface area (Å²) in [5, 5.41) is 13.5. The summed E-state index contributed by atoms with van der Waals surface area (Å²) in [6, 6.07) is 9.46. The molecule has 2 heterocycles. The van der Waals surface area contributed by atoms with Crippen LogP contribution >= 0.6 is 0 Å². The average Bonchev–Trinajstić information content (AvgIpc) is 3.10. The molecule has 4 fully saturated rings. The van der Waals surface area contributed by atoms with Crippen molar-refractivity contribution in [3.8, 4) is 0 Å². The van der Waals surface area contributed by atoms with E-state index in [1.165, 1.54) is 34.6 Å². The third kappa shape index (κ3) is 1.59. The highest BCUT2D eigenvalue weighted by molar-refractivity contribution is 6.04. The van der Waals surface area contributed by atoms with Gasteiger partial charge in [-0.15, -0.1) is 0 Å². The van der Waals surface area contributed by atoms with Crippen LogP contribution in [0.2, 0.25) is 0 Å². The Balaban J connectivity index is 1.56. The van der Waals surface area contributed by atoms with Crippen LogP contribution in [0.25, 0.3) is 21.8 Å². The lowest BCUT2D eigenvalue weighted by molar-refractivity contribution is -0.146. The fourth-order valence-electron chi connectivity index (χ4n) is 6.45. The van der Waals surface area contributed by atoms with Crippen LogP contribution in [0.1, 0.15) is 38.1 Å². The minimum absolute atomic E-state index is 0.348. The summed E-state index contributed by atoms with van der Waals surface area (Å²) < 4.78 is 2.56. The van der Waals surface area contributed by atoms with Gasteiger partial charge >= 0.3 is 0 Å². The summed E-state index contributed by atoms with van der Waals surface area (Å²) in [5.74, 6) is 2.06. The second kappa shape index (κ2) is 4.02. The number of fused-ring (bicyclic) bond motifs is 3. The van der Waals surface area contributed by atoms with Gasteiger partial charge in [0.1, 0.15) is 0 Å². The van der Waals surface area contributed by atoms with Gasteiger partial charge in [-0.05, 0) is 68.1 Å². The number of nitrogens with zero attached hydrogens (tertiary/aromatic N) is 1. The highest BCUT2D eigenvalue weighted by atomic mass is 16.3. The van der Waals surface area contributed by atoms with E-state index in [1.807, 2.05) is 6.20 Å². The van der Waals surface area contributed by atoms with Crippen LogP contribution in [0.4, 0.5) is 0 Å². The molecule has 4 aliphatic carbocycles. The molecular weight excluding hydrogens is 284 g/mol. The zero-order valence-electron chi connectivity index (χ0n) is 13.2. The lowest BCUT2D eigenvalue weighted by Gasteiger charge is -2.58. The van der Waals surface area contributed by atoms with E-state index in [0.717, 1.165) is 25.2 Å². The Morgan fingerprint density at radius 3 is 2.65 bits per heavy atom. The monoisotopic (exact) mass is 306 g/mol. The first-order chi connectivity index (χ1) is 11.2. The zero-order chi connectivity index (χ0) is 15.2. The number of H-pyrrole nitrogens is 1. The standard InChI is InChI=1S/C20H22N2O/c23-20-9-12-7-14(10-20)18(15(8-12)11-20)22-6-4-13-1-2-17-16(19(13)22)3-5-21-17/h1-6,12,14-15,18,21,23H,7-11H2/t12?,14-,15-,18?,20?/m1/s1. The van der Waals surface area contributed by atoms with E-state index < -0.39 is 0 Å². The van der Waals surface area contributed by atoms with Gasteiger partial charge in [-0.25, -0.2) is 0 Å². The van der Waals surface area contributed by atoms with Crippen molar-refractivity contribution in [3.63, 3.8) is 0 Å². The molecule has 0 unspecified atom stereocenters. The van der Waals surface area contributed by atoms with E-state index in [1.54, 1.807) is 0 Å². The average molecular weight is 306 g/mol. The van der Waals surface area contributed by atoms with Crippen LogP contribution in [0.15, 0.2) is 36.7 Å². The van der Waals surface area contributed by atoms with Gasteiger partial charge in [-0.2, -0.15) is 0 Å². The van der Waals surface area contributed by atoms with Crippen LogP contribution in [-0.4, -0.2) is 20.3 Å². The first-order valence-corrected chi connectivity index (χ1v) is 8.99. The molecule has 0 amide bonds. The van der Waals surface area contributed by atoms with Gasteiger partial charge in [0.15, 0.2) is 0 Å². The molecule has 4 saturated carbocycles. The Morgan fingerprint density at radius 2 is 1.87 bits per heavy atom. The molecule has 118 valence electrons. The summed E-state index contributed by atoms with van der Waals surface area (Å²) in [6.45, 7) is 0. The predicted molar refractivity (Wildman–Crippen MR) is 91.3 cm³/mol. The number of benzene rings is 1. The Hall–Kier alpha value is -1.74. The van der Waals surface area contributed by atoms with Crippen molar-refractivity contribution >= 4 is 21.8 Å². The first kappa shape index (κ1) is 12.7. The summed E-state index contributed by atoms with van der Waals surface area (Å²) in [4.78, 5) is 3.35. The van der Waals surface area contributed by atoms with Crippen LogP contribution in [0, 0.1) is 17.8 Å². The number of aromatic nitrogens is 2. The van der Waals surface area contributed by atoms with E-state index in [2.05, 4.69) is 40.0 Å². The summed E-state index contributed by atoms with van der Waals surface area (Å²) in [6.07, 6.45) is 10.0. The van der Waals surface area contributed by atoms with Crippen LogP contribution in [-0.2, 0) is 0 Å². The maximum atomic E-state index is 10.9. The van der Waals surface area contributed by atoms with E-state index in [-0.39, 0.29) is 5.60 Å². The van der Waals surface area contributed by atoms with E-state index in [9.17, 15) is 5.11 Å². The molecule has 0 saturated heterocycles. The fraction of sp³-hybridized carbons (Fsp3) is 0.500. The minimum Gasteiger partial charge on any atom is -0.390 e. The number of nitrogens with one attached hydrogen (secondary N) is 1. The maximum absolute atomic E-state index is 10.9. The second-order valence-electron chi connectivity index (χ2n) is 8.35. The molecule has 3 aromatic rings. The Morgan fingerprint density at radius 1 is 1.04 bits per heavy atom. The molecule has 3 nitrogen and oxygen atoms in total. The van der Waals surface area contributed by atoms with Gasteiger partial charge in [0.25, 0.3) is 0 Å². The van der Waals surface area contributed by atoms with Crippen molar-refractivity contribution in [2.75, 3.05) is 0 Å². The summed E-state index contributed by atoms with van der Waals surface area (Å²) >= 11 is 0. The van der Waals surface area contributed by atoms with Crippen molar-refractivity contribution in [3.05, 3.63) is 36.7 Å². The molecule has 2 aromatic heterocycles. The van der Waals surface area contributed by atoms with Gasteiger partial charge in [0, 0.05) is 34.7 Å². The lowest BCUT2D eigenvalue weighted by atomic mass is 9.52. The Bertz CT molecular complexity index is 904. The molecule has 4 bridgehead atoms. The van der Waals surface area contributed by atoms with Crippen LogP contribution in [0.5, 0.6) is 0 Å². The topological polar surface area (TPSA) is 41.0 Å². The highest BCUT2D eigenvalue weighted by Crippen LogP contribution is 2.60. The SMILES string of the molecule is OC12CC3C[C@H](C1)C(n1ccc4ccc5[nH]ccc5c41)[C@H](C3)C2. The summed E-state index contributed by atoms with van der Waals surface area (Å²) in [7, 11) is 0. The molecular formula is C20H22N2O. The van der Waals surface area contributed by atoms with E-state index >= 15 is 0 Å². The quantitative estimate of drug-likeness (QED) is 0.694. The molecule has 2 atom stereocenters. The van der Waals surface area contributed by atoms with Gasteiger partial charge in [0.2, 0.25) is 0 Å². The minimum atomic E-state index is -0.348. The summed E-state index contributed by atoms with van der Waals surface area (Å²) in [5.41, 5.74) is 2.26. The Kier molecular flexibility index (Phi) is 2.21. The van der Waals surface area contributed by atoms with Crippen molar-refractivity contribution in [1.29, 1.82) is 0 Å². The second-order valence-corrected chi connectivity index (χ2v) is 8.35. The van der Waals surface area contributed by atoms with Crippen LogP contribution < -0.4 is 0 Å². The number of rotatable bonds is 1. The highest BCUT2D eigenvalue weighted by Gasteiger charge is 2.55. The number of aromatic amines is 1. The molecule has 23 heavy (non-hydrogen) atoms. The molecule has 4 aliphatic rings. The van der Waals surface area contributed by atoms with Crippen LogP contribution in [0.3, 0.4) is 0 Å². The normalized spacial score (nSPS) is 38.8. The molecule has 7 rings (SSSR count). The maximum Gasteiger partial charge on any atom is 0.0657 e. The van der Waals surface area contributed by atoms with Crippen molar-refractivity contribution < 1.29 is 5.11 Å². The third-order valence-corrected chi connectivity index (χ3v) is 6.92. The van der Waals surface area contributed by atoms with Gasteiger partial charge in [0.05, 0.1) is 11.1 Å². The van der Waals surface area contributed by atoms with Gasteiger partial charge in [-0.1, -0.05) is 6.07 Å². The largest absolute Gasteiger partial charge is 0.390 e. The number of aliphatic hydroxyl groups is 1. The Labute approximate surface area is 135 Å². The van der Waals surface area contributed by atoms with Crippen molar-refractivity contribution in [2.45, 2.75) is 43.7 Å². The first-order valence-electron chi connectivity index (χ1n) is 8.99. The zero-order valence-corrected chi connectivity index (χ0v) is 13.2. The van der Waals surface area contributed by atoms with E-state index in [4.69, 9.17) is 0 Å². The predicted octanol–water partition coefficient (Wildman–Crippen LogP) is 4.23. The van der Waals surface area contributed by atoms with Crippen molar-refractivity contribution in [1.82, 2.24) is 9.55 Å². The van der Waals surface area contributed by atoms with Crippen molar-refractivity contribution in [2.24, 2.45) is 17.8 Å². The smallest absolute Gasteiger partial charge is 0.0657 e. The fourth-order valence-corrected chi connectivity index (χ4v) is 6.45. The van der Waals surface area contributed by atoms with Gasteiger partial charge in [-0.3, -0.25) is 0 Å². The molecule has 3 heteroatoms. The number of hydrogen-bond donors (Lipinski definition) is 2. The number of hydrogen-bond acceptors (Lipinski definition) is 1.